The molecule has 1 aromatic carbocycles. The zero-order chi connectivity index (χ0) is 14.8. The zero-order valence-corrected chi connectivity index (χ0v) is 13.5. The molecule has 1 aliphatic rings. The number of ether oxygens (including phenoxy) is 1. The van der Waals surface area contributed by atoms with Gasteiger partial charge in [0.15, 0.2) is 0 Å². The van der Waals surface area contributed by atoms with Gasteiger partial charge in [-0.1, -0.05) is 0 Å². The fourth-order valence-corrected chi connectivity index (χ4v) is 2.40. The molecule has 4 nitrogen and oxygen atoms in total. The number of hydrogen-bond donors (Lipinski definition) is 2. The minimum atomic E-state index is -4.44. The maximum atomic E-state index is 13.3. The first-order valence-electron chi connectivity index (χ1n) is 6.32. The van der Waals surface area contributed by atoms with E-state index >= 15 is 0 Å². The molecule has 0 spiro atoms. The van der Waals surface area contributed by atoms with E-state index in [2.05, 4.69) is 5.32 Å². The SMILES string of the molecule is COc1ccc([C@H](N2CCNCC2)C(F)(F)F)c(O)c1.Cl.Cl. The highest BCUT2D eigenvalue weighted by Crippen LogP contribution is 2.42. The summed E-state index contributed by atoms with van der Waals surface area (Å²) in [4.78, 5) is 1.33. The Bertz CT molecular complexity index is 469. The van der Waals surface area contributed by atoms with E-state index in [4.69, 9.17) is 4.74 Å². The number of rotatable bonds is 3. The standard InChI is InChI=1S/C13H17F3N2O2.2ClH/c1-20-9-2-3-10(11(19)8-9)12(13(14,15)16)18-6-4-17-5-7-18;;/h2-3,8,12,17,19H,4-7H2,1H3;2*1H/t12-;;/m0../s1. The van der Waals surface area contributed by atoms with Crippen molar-refractivity contribution in [2.75, 3.05) is 33.3 Å². The van der Waals surface area contributed by atoms with Crippen LogP contribution in [0.2, 0.25) is 0 Å². The Morgan fingerprint density at radius 1 is 1.23 bits per heavy atom. The molecule has 9 heteroatoms. The van der Waals surface area contributed by atoms with Gasteiger partial charge in [0.1, 0.15) is 17.5 Å². The third-order valence-electron chi connectivity index (χ3n) is 3.36. The van der Waals surface area contributed by atoms with Crippen LogP contribution in [0.1, 0.15) is 11.6 Å². The van der Waals surface area contributed by atoms with E-state index < -0.39 is 18.0 Å². The Labute approximate surface area is 139 Å². The van der Waals surface area contributed by atoms with Crippen molar-refractivity contribution in [2.24, 2.45) is 0 Å². The predicted molar refractivity (Wildman–Crippen MR) is 82.4 cm³/mol. The van der Waals surface area contributed by atoms with Crippen molar-refractivity contribution in [1.82, 2.24) is 10.2 Å². The topological polar surface area (TPSA) is 44.7 Å². The number of benzene rings is 1. The third-order valence-corrected chi connectivity index (χ3v) is 3.36. The van der Waals surface area contributed by atoms with Crippen LogP contribution in [0.3, 0.4) is 0 Å². The molecule has 0 saturated carbocycles. The largest absolute Gasteiger partial charge is 0.507 e. The van der Waals surface area contributed by atoms with Gasteiger partial charge in [0, 0.05) is 37.8 Å². The molecule has 0 radical (unpaired) electrons. The van der Waals surface area contributed by atoms with Crippen molar-refractivity contribution in [1.29, 1.82) is 0 Å². The first kappa shape index (κ1) is 21.1. The molecule has 0 amide bonds. The van der Waals surface area contributed by atoms with Gasteiger partial charge < -0.3 is 15.2 Å². The fourth-order valence-electron chi connectivity index (χ4n) is 2.40. The Balaban J connectivity index is 0.00000220. The molecule has 1 saturated heterocycles. The van der Waals surface area contributed by atoms with E-state index in [0.717, 1.165) is 0 Å². The summed E-state index contributed by atoms with van der Waals surface area (Å²) >= 11 is 0. The molecule has 0 aliphatic carbocycles. The van der Waals surface area contributed by atoms with E-state index in [-0.39, 0.29) is 43.5 Å². The lowest BCUT2D eigenvalue weighted by atomic mass is 10.0. The second-order valence-corrected chi connectivity index (χ2v) is 4.65. The first-order chi connectivity index (χ1) is 9.43. The minimum Gasteiger partial charge on any atom is -0.507 e. The summed E-state index contributed by atoms with van der Waals surface area (Å²) in [6, 6.07) is 2.11. The molecule has 1 fully saturated rings. The number of methoxy groups -OCH3 is 1. The second kappa shape index (κ2) is 8.67. The molecule has 128 valence electrons. The number of hydrogen-bond acceptors (Lipinski definition) is 4. The Kier molecular flexibility index (Phi) is 8.32. The predicted octanol–water partition coefficient (Wildman–Crippen LogP) is 2.75. The highest BCUT2D eigenvalue weighted by Gasteiger charge is 2.46. The van der Waals surface area contributed by atoms with Crippen LogP contribution in [-0.4, -0.2) is 49.5 Å². The van der Waals surface area contributed by atoms with E-state index in [1.54, 1.807) is 0 Å². The number of halogens is 5. The third kappa shape index (κ3) is 4.81. The van der Waals surface area contributed by atoms with Crippen molar-refractivity contribution < 1.29 is 23.0 Å². The normalized spacial score (nSPS) is 17.1. The fraction of sp³-hybridized carbons (Fsp3) is 0.538. The quantitative estimate of drug-likeness (QED) is 0.867. The lowest BCUT2D eigenvalue weighted by Gasteiger charge is -2.36. The molecular weight excluding hydrogens is 344 g/mol. The summed E-state index contributed by atoms with van der Waals surface area (Å²) in [6.45, 7) is 1.58. The molecule has 0 bridgehead atoms. The summed E-state index contributed by atoms with van der Waals surface area (Å²) in [7, 11) is 1.39. The van der Waals surface area contributed by atoms with Crippen molar-refractivity contribution >= 4 is 24.8 Å². The monoisotopic (exact) mass is 362 g/mol. The van der Waals surface area contributed by atoms with Crippen LogP contribution in [0.15, 0.2) is 18.2 Å². The van der Waals surface area contributed by atoms with Gasteiger partial charge in [0.05, 0.1) is 7.11 Å². The average molecular weight is 363 g/mol. The van der Waals surface area contributed by atoms with Crippen molar-refractivity contribution in [3.63, 3.8) is 0 Å². The van der Waals surface area contributed by atoms with E-state index in [1.165, 1.54) is 30.2 Å². The van der Waals surface area contributed by atoms with Crippen LogP contribution >= 0.6 is 24.8 Å². The molecule has 2 N–H and O–H groups in total. The second-order valence-electron chi connectivity index (χ2n) is 4.65. The number of nitrogens with zero attached hydrogens (tertiary/aromatic N) is 1. The number of alkyl halides is 3. The highest BCUT2D eigenvalue weighted by atomic mass is 35.5. The van der Waals surface area contributed by atoms with Crippen molar-refractivity contribution in [3.05, 3.63) is 23.8 Å². The van der Waals surface area contributed by atoms with Crippen LogP contribution in [0.25, 0.3) is 0 Å². The van der Waals surface area contributed by atoms with Gasteiger partial charge in [0.2, 0.25) is 0 Å². The van der Waals surface area contributed by atoms with Crippen LogP contribution in [0, 0.1) is 0 Å². The van der Waals surface area contributed by atoms with Crippen molar-refractivity contribution in [2.45, 2.75) is 12.2 Å². The van der Waals surface area contributed by atoms with Gasteiger partial charge in [-0.2, -0.15) is 13.2 Å². The number of piperazine rings is 1. The molecular formula is C13H19Cl2F3N2O2. The van der Waals surface area contributed by atoms with Gasteiger partial charge in [-0.15, -0.1) is 24.8 Å². The smallest absolute Gasteiger partial charge is 0.408 e. The van der Waals surface area contributed by atoms with E-state index in [1.807, 2.05) is 0 Å². The lowest BCUT2D eigenvalue weighted by Crippen LogP contribution is -2.49. The number of phenols is 1. The van der Waals surface area contributed by atoms with Gasteiger partial charge in [-0.3, -0.25) is 4.90 Å². The molecule has 1 aromatic rings. The van der Waals surface area contributed by atoms with Gasteiger partial charge in [-0.05, 0) is 12.1 Å². The summed E-state index contributed by atoms with van der Waals surface area (Å²) in [5, 5.41) is 12.9. The lowest BCUT2D eigenvalue weighted by molar-refractivity contribution is -0.188. The molecule has 1 heterocycles. The van der Waals surface area contributed by atoms with Crippen LogP contribution in [-0.2, 0) is 0 Å². The van der Waals surface area contributed by atoms with Crippen LogP contribution in [0.4, 0.5) is 13.2 Å². The molecule has 0 unspecified atom stereocenters. The van der Waals surface area contributed by atoms with Gasteiger partial charge in [-0.25, -0.2) is 0 Å². The number of phenolic OH excluding ortho intramolecular Hbond substituents is 1. The van der Waals surface area contributed by atoms with Crippen molar-refractivity contribution in [3.8, 4) is 11.5 Å². The molecule has 1 atom stereocenters. The molecule has 2 rings (SSSR count). The van der Waals surface area contributed by atoms with E-state index in [9.17, 15) is 18.3 Å². The summed E-state index contributed by atoms with van der Waals surface area (Å²) in [5.41, 5.74) is -0.139. The van der Waals surface area contributed by atoms with E-state index in [0.29, 0.717) is 18.8 Å². The molecule has 22 heavy (non-hydrogen) atoms. The first-order valence-corrected chi connectivity index (χ1v) is 6.32. The Morgan fingerprint density at radius 2 is 1.82 bits per heavy atom. The Morgan fingerprint density at radius 3 is 2.27 bits per heavy atom. The summed E-state index contributed by atoms with van der Waals surface area (Å²) < 4.78 is 44.9. The van der Waals surface area contributed by atoms with Crippen LogP contribution < -0.4 is 10.1 Å². The maximum absolute atomic E-state index is 13.3. The van der Waals surface area contributed by atoms with Gasteiger partial charge in [0.25, 0.3) is 0 Å². The maximum Gasteiger partial charge on any atom is 0.408 e. The average Bonchev–Trinajstić information content (AvgIpc) is 2.40. The highest BCUT2D eigenvalue weighted by molar-refractivity contribution is 5.85. The zero-order valence-electron chi connectivity index (χ0n) is 11.9. The van der Waals surface area contributed by atoms with Gasteiger partial charge >= 0.3 is 6.18 Å². The number of aromatic hydroxyl groups is 1. The summed E-state index contributed by atoms with van der Waals surface area (Å²) in [5.74, 6) is -0.0716. The van der Waals surface area contributed by atoms with Crippen LogP contribution in [0.5, 0.6) is 11.5 Å². The summed E-state index contributed by atoms with van der Waals surface area (Å²) in [6.07, 6.45) is -4.44. The number of nitrogens with one attached hydrogen (secondary N) is 1. The Hall–Kier alpha value is -0.890. The molecule has 0 aromatic heterocycles. The minimum absolute atomic E-state index is 0. The molecule has 1 aliphatic heterocycles.